The van der Waals surface area contributed by atoms with E-state index in [1.165, 1.54) is 9.70 Å². The molecule has 1 saturated heterocycles. The zero-order valence-corrected chi connectivity index (χ0v) is 26.9. The Labute approximate surface area is 266 Å². The predicted octanol–water partition coefficient (Wildman–Crippen LogP) is 3.58. The lowest BCUT2D eigenvalue weighted by Gasteiger charge is -2.30. The molecule has 0 radical (unpaired) electrons. The summed E-state index contributed by atoms with van der Waals surface area (Å²) < 4.78 is 5.45. The molecule has 0 unspecified atom stereocenters. The number of carboxylic acids is 1. The molecule has 0 bridgehead atoms. The normalized spacial score (nSPS) is 28.1. The number of carbonyl (C=O) groups excluding carboxylic acids is 3. The zero-order valence-electron chi connectivity index (χ0n) is 26.1. The molecule has 1 aliphatic carbocycles. The molecule has 5 rings (SSSR count). The Bertz CT molecular complexity index is 1450. The molecule has 14 heteroatoms. The van der Waals surface area contributed by atoms with Crippen LogP contribution in [0.25, 0.3) is 11.4 Å². The zero-order chi connectivity index (χ0) is 32.4. The van der Waals surface area contributed by atoms with Crippen molar-refractivity contribution in [1.82, 2.24) is 35.7 Å². The molecule has 2 fully saturated rings. The summed E-state index contributed by atoms with van der Waals surface area (Å²) >= 11 is 1.62. The molecular formula is C31H41N7O6S. The average Bonchev–Trinajstić information content (AvgIpc) is 3.31. The molecule has 242 valence electrons. The van der Waals surface area contributed by atoms with Crippen molar-refractivity contribution in [2.75, 3.05) is 12.8 Å². The highest BCUT2D eigenvalue weighted by molar-refractivity contribution is 7.98. The molecule has 13 nitrogen and oxygen atoms in total. The fourth-order valence-electron chi connectivity index (χ4n) is 5.93. The highest BCUT2D eigenvalue weighted by Gasteiger charge is 2.61. The molecule has 1 aromatic heterocycles. The Kier molecular flexibility index (Phi) is 9.52. The van der Waals surface area contributed by atoms with E-state index in [2.05, 4.69) is 26.0 Å². The largest absolute Gasteiger partial charge is 0.479 e. The summed E-state index contributed by atoms with van der Waals surface area (Å²) in [6.07, 6.45) is 8.96. The first-order valence-electron chi connectivity index (χ1n) is 15.4. The molecule has 1 aromatic carbocycles. The van der Waals surface area contributed by atoms with Gasteiger partial charge in [0.25, 0.3) is 0 Å². The van der Waals surface area contributed by atoms with Crippen LogP contribution < -0.4 is 10.6 Å². The maximum Gasteiger partial charge on any atom is 0.408 e. The number of carboxylic acid groups (broad SMARTS) is 1. The highest BCUT2D eigenvalue weighted by atomic mass is 32.2. The van der Waals surface area contributed by atoms with Gasteiger partial charge in [-0.1, -0.05) is 25.0 Å². The van der Waals surface area contributed by atoms with Gasteiger partial charge < -0.3 is 25.4 Å². The smallest absolute Gasteiger partial charge is 0.408 e. The van der Waals surface area contributed by atoms with Gasteiger partial charge in [0.15, 0.2) is 0 Å². The Hall–Kier alpha value is -3.94. The number of nitrogens with one attached hydrogen (secondary N) is 2. The van der Waals surface area contributed by atoms with E-state index < -0.39 is 53.1 Å². The lowest BCUT2D eigenvalue weighted by molar-refractivity contribution is -0.145. The van der Waals surface area contributed by atoms with Gasteiger partial charge in [0, 0.05) is 29.3 Å². The number of aromatic nitrogens is 4. The van der Waals surface area contributed by atoms with Crippen molar-refractivity contribution in [3.8, 4) is 11.4 Å². The van der Waals surface area contributed by atoms with Gasteiger partial charge in [0.1, 0.15) is 23.2 Å². The van der Waals surface area contributed by atoms with Crippen LogP contribution in [-0.4, -0.2) is 90.1 Å². The number of thioether (sulfide) groups is 1. The first kappa shape index (κ1) is 32.5. The fraction of sp³-hybridized carbons (Fsp3) is 0.581. The number of alkyl carbamates (subject to hydrolysis) is 1. The third-order valence-corrected chi connectivity index (χ3v) is 9.18. The van der Waals surface area contributed by atoms with Gasteiger partial charge in [-0.3, -0.25) is 9.59 Å². The minimum absolute atomic E-state index is 0.0774. The summed E-state index contributed by atoms with van der Waals surface area (Å²) in [5, 5.41) is 28.6. The van der Waals surface area contributed by atoms with Gasteiger partial charge >= 0.3 is 12.1 Å². The Morgan fingerprint density at radius 1 is 1.16 bits per heavy atom. The van der Waals surface area contributed by atoms with Crippen molar-refractivity contribution >= 4 is 35.6 Å². The minimum atomic E-state index is -1.42. The number of tetrazole rings is 1. The number of aliphatic carboxylic acids is 1. The molecule has 3 heterocycles. The van der Waals surface area contributed by atoms with Crippen molar-refractivity contribution in [2.24, 2.45) is 5.92 Å². The van der Waals surface area contributed by atoms with E-state index >= 15 is 0 Å². The SMILES string of the molecule is CSc1ccc(-c2nnn([C@@H]3C[C@H]4C(=O)N[C@@]5(C(=O)O)C[C@H]5/C=C\CCCCC[C@@H](NC(=O)OC(C)(C)C)C(=O)N4C3)n2)cc1. The van der Waals surface area contributed by atoms with Crippen LogP contribution in [-0.2, 0) is 19.1 Å². The monoisotopic (exact) mass is 639 g/mol. The number of carbonyl (C=O) groups is 4. The number of benzene rings is 1. The van der Waals surface area contributed by atoms with Crippen LogP contribution in [0.15, 0.2) is 41.3 Å². The summed E-state index contributed by atoms with van der Waals surface area (Å²) in [5.74, 6) is -2.04. The molecule has 0 spiro atoms. The molecular weight excluding hydrogens is 598 g/mol. The Balaban J connectivity index is 1.43. The number of allylic oxidation sites excluding steroid dienone is 1. The van der Waals surface area contributed by atoms with Gasteiger partial charge in [-0.25, -0.2) is 9.59 Å². The van der Waals surface area contributed by atoms with Crippen molar-refractivity contribution in [3.05, 3.63) is 36.4 Å². The second-order valence-corrected chi connectivity index (χ2v) is 13.8. The highest BCUT2D eigenvalue weighted by Crippen LogP contribution is 2.45. The molecule has 5 atom stereocenters. The number of hydrogen-bond donors (Lipinski definition) is 3. The minimum Gasteiger partial charge on any atom is -0.479 e. The second-order valence-electron chi connectivity index (χ2n) is 12.9. The van der Waals surface area contributed by atoms with Crippen LogP contribution in [0.5, 0.6) is 0 Å². The van der Waals surface area contributed by atoms with E-state index in [0.29, 0.717) is 18.7 Å². The van der Waals surface area contributed by atoms with Crippen LogP contribution >= 0.6 is 11.8 Å². The van der Waals surface area contributed by atoms with Crippen LogP contribution in [0.2, 0.25) is 0 Å². The second kappa shape index (κ2) is 13.2. The number of rotatable bonds is 5. The number of fused-ring (bicyclic) bond motifs is 2. The van der Waals surface area contributed by atoms with Crippen LogP contribution in [0.4, 0.5) is 4.79 Å². The van der Waals surface area contributed by atoms with Crippen molar-refractivity contribution in [3.63, 3.8) is 0 Å². The molecule has 2 aliphatic heterocycles. The maximum atomic E-state index is 14.2. The van der Waals surface area contributed by atoms with E-state index in [1.807, 2.05) is 42.7 Å². The molecule has 3 aliphatic rings. The van der Waals surface area contributed by atoms with Gasteiger partial charge in [-0.2, -0.15) is 4.80 Å². The van der Waals surface area contributed by atoms with Crippen LogP contribution in [0.1, 0.15) is 71.8 Å². The van der Waals surface area contributed by atoms with E-state index in [-0.39, 0.29) is 25.3 Å². The summed E-state index contributed by atoms with van der Waals surface area (Å²) in [6.45, 7) is 5.30. The van der Waals surface area contributed by atoms with Crippen LogP contribution in [0.3, 0.4) is 0 Å². The van der Waals surface area contributed by atoms with Gasteiger partial charge in [-0.15, -0.1) is 22.0 Å². The Morgan fingerprint density at radius 2 is 1.91 bits per heavy atom. The lowest BCUT2D eigenvalue weighted by Crippen LogP contribution is -2.56. The molecule has 3 N–H and O–H groups in total. The third-order valence-electron chi connectivity index (χ3n) is 8.43. The van der Waals surface area contributed by atoms with Gasteiger partial charge in [-0.05, 0) is 82.2 Å². The van der Waals surface area contributed by atoms with Gasteiger partial charge in [0.05, 0.1) is 6.04 Å². The quantitative estimate of drug-likeness (QED) is 0.325. The lowest BCUT2D eigenvalue weighted by atomic mass is 10.0. The standard InChI is InChI=1S/C31H41N7O6S/c1-30(2,3)44-29(43)32-23-11-9-7-5-6-8-10-20-17-31(20,28(41)42)33-26(39)24-16-21(18-37(24)27(23)40)38-35-25(34-36-38)19-12-14-22(45-4)15-13-19/h8,10,12-15,20-21,23-24H,5-7,9,11,16-18H2,1-4H3,(H,32,43)(H,33,39)(H,41,42)/b10-8-/t20-,21-,23-,24+,31+/m1/s1. The first-order chi connectivity index (χ1) is 21.4. The van der Waals surface area contributed by atoms with E-state index in [4.69, 9.17) is 4.74 Å². The maximum absolute atomic E-state index is 14.2. The molecule has 3 amide bonds. The van der Waals surface area contributed by atoms with E-state index in [0.717, 1.165) is 29.7 Å². The first-order valence-corrected chi connectivity index (χ1v) is 16.6. The summed E-state index contributed by atoms with van der Waals surface area (Å²) in [6, 6.07) is 5.29. The molecule has 1 saturated carbocycles. The predicted molar refractivity (Wildman–Crippen MR) is 166 cm³/mol. The third kappa shape index (κ3) is 7.48. The van der Waals surface area contributed by atoms with E-state index in [9.17, 15) is 24.3 Å². The summed E-state index contributed by atoms with van der Waals surface area (Å²) in [5.41, 5.74) is -1.41. The Morgan fingerprint density at radius 3 is 2.60 bits per heavy atom. The number of ether oxygens (including phenoxy) is 1. The van der Waals surface area contributed by atoms with E-state index in [1.54, 1.807) is 32.5 Å². The number of amides is 3. The summed E-state index contributed by atoms with van der Waals surface area (Å²) in [7, 11) is 0. The molecule has 45 heavy (non-hydrogen) atoms. The van der Waals surface area contributed by atoms with Crippen LogP contribution in [0, 0.1) is 5.92 Å². The number of nitrogens with zero attached hydrogens (tertiary/aromatic N) is 5. The summed E-state index contributed by atoms with van der Waals surface area (Å²) in [4.78, 5) is 57.0. The van der Waals surface area contributed by atoms with Crippen molar-refractivity contribution in [1.29, 1.82) is 0 Å². The van der Waals surface area contributed by atoms with Crippen molar-refractivity contribution < 1.29 is 29.0 Å². The van der Waals surface area contributed by atoms with Crippen molar-refractivity contribution in [2.45, 2.75) is 99.9 Å². The fourth-order valence-corrected chi connectivity index (χ4v) is 6.34. The topological polar surface area (TPSA) is 169 Å². The number of hydrogen-bond acceptors (Lipinski definition) is 9. The molecule has 2 aromatic rings. The average molecular weight is 640 g/mol. The van der Waals surface area contributed by atoms with Gasteiger partial charge in [0.2, 0.25) is 17.6 Å².